The fourth-order valence-corrected chi connectivity index (χ4v) is 2.75. The third kappa shape index (κ3) is 2.29. The second-order valence-corrected chi connectivity index (χ2v) is 5.22. The standard InChI is InChI=1S/C16H17NO3/c1-11-6-7-12-4-2-3-5-14(12)17(11)10-13-8-9-15(20-13)16(18)19/h2-5,8-9,11H,6-7,10H2,1H3,(H,18,19)/t11-/m1/s1. The second kappa shape index (κ2) is 5.04. The molecule has 1 atom stereocenters. The number of carboxylic acid groups (broad SMARTS) is 1. The molecule has 20 heavy (non-hydrogen) atoms. The van der Waals surface area contributed by atoms with Crippen molar-refractivity contribution in [2.24, 2.45) is 0 Å². The van der Waals surface area contributed by atoms with Gasteiger partial charge >= 0.3 is 5.97 Å². The summed E-state index contributed by atoms with van der Waals surface area (Å²) in [6, 6.07) is 12.0. The highest BCUT2D eigenvalue weighted by molar-refractivity contribution is 5.84. The molecule has 1 aromatic heterocycles. The fraction of sp³-hybridized carbons (Fsp3) is 0.312. The summed E-state index contributed by atoms with van der Waals surface area (Å²) >= 11 is 0. The number of hydrogen-bond donors (Lipinski definition) is 1. The molecule has 1 aliphatic rings. The van der Waals surface area contributed by atoms with E-state index in [4.69, 9.17) is 9.52 Å². The number of aromatic carboxylic acids is 1. The highest BCUT2D eigenvalue weighted by atomic mass is 16.4. The lowest BCUT2D eigenvalue weighted by Gasteiger charge is -2.36. The molecule has 0 saturated heterocycles. The van der Waals surface area contributed by atoms with Crippen LogP contribution in [0.15, 0.2) is 40.8 Å². The summed E-state index contributed by atoms with van der Waals surface area (Å²) in [7, 11) is 0. The molecule has 0 unspecified atom stereocenters. The topological polar surface area (TPSA) is 53.7 Å². The smallest absolute Gasteiger partial charge is 0.371 e. The van der Waals surface area contributed by atoms with E-state index in [1.807, 2.05) is 6.07 Å². The van der Waals surface area contributed by atoms with Crippen LogP contribution in [0.2, 0.25) is 0 Å². The quantitative estimate of drug-likeness (QED) is 0.930. The Labute approximate surface area is 117 Å². The van der Waals surface area contributed by atoms with Crippen molar-refractivity contribution in [3.05, 3.63) is 53.5 Å². The molecule has 0 radical (unpaired) electrons. The third-order valence-corrected chi connectivity index (χ3v) is 3.86. The molecule has 1 aliphatic heterocycles. The van der Waals surface area contributed by atoms with E-state index >= 15 is 0 Å². The van der Waals surface area contributed by atoms with E-state index in [2.05, 4.69) is 30.0 Å². The molecule has 3 rings (SSSR count). The van der Waals surface area contributed by atoms with Crippen molar-refractivity contribution in [2.45, 2.75) is 32.4 Å². The average Bonchev–Trinajstić information content (AvgIpc) is 2.91. The minimum Gasteiger partial charge on any atom is -0.475 e. The number of nitrogens with zero attached hydrogens (tertiary/aromatic N) is 1. The monoisotopic (exact) mass is 271 g/mol. The van der Waals surface area contributed by atoms with Crippen molar-refractivity contribution in [1.29, 1.82) is 0 Å². The van der Waals surface area contributed by atoms with Crippen LogP contribution in [-0.2, 0) is 13.0 Å². The van der Waals surface area contributed by atoms with Gasteiger partial charge in [-0.1, -0.05) is 18.2 Å². The highest BCUT2D eigenvalue weighted by Gasteiger charge is 2.23. The maximum atomic E-state index is 10.9. The zero-order valence-electron chi connectivity index (χ0n) is 11.4. The molecule has 4 nitrogen and oxygen atoms in total. The number of para-hydroxylation sites is 1. The van der Waals surface area contributed by atoms with Gasteiger partial charge in [-0.05, 0) is 43.5 Å². The molecule has 0 bridgehead atoms. The van der Waals surface area contributed by atoms with Crippen LogP contribution < -0.4 is 4.90 Å². The zero-order chi connectivity index (χ0) is 14.1. The Morgan fingerprint density at radius 3 is 2.90 bits per heavy atom. The van der Waals surface area contributed by atoms with Crippen molar-refractivity contribution in [3.63, 3.8) is 0 Å². The molecule has 4 heteroatoms. The number of benzene rings is 1. The Bertz CT molecular complexity index is 632. The van der Waals surface area contributed by atoms with Gasteiger partial charge in [0.2, 0.25) is 5.76 Å². The predicted octanol–water partition coefficient (Wildman–Crippen LogP) is 3.32. The maximum Gasteiger partial charge on any atom is 0.371 e. The number of rotatable bonds is 3. The van der Waals surface area contributed by atoms with Crippen molar-refractivity contribution >= 4 is 11.7 Å². The van der Waals surface area contributed by atoms with E-state index in [0.29, 0.717) is 18.3 Å². The fourth-order valence-electron chi connectivity index (χ4n) is 2.75. The number of hydrogen-bond acceptors (Lipinski definition) is 3. The first-order valence-corrected chi connectivity index (χ1v) is 6.81. The number of fused-ring (bicyclic) bond motifs is 1. The van der Waals surface area contributed by atoms with Gasteiger partial charge < -0.3 is 14.4 Å². The van der Waals surface area contributed by atoms with Crippen molar-refractivity contribution in [2.75, 3.05) is 4.90 Å². The lowest BCUT2D eigenvalue weighted by atomic mass is 9.96. The highest BCUT2D eigenvalue weighted by Crippen LogP contribution is 2.31. The van der Waals surface area contributed by atoms with E-state index in [0.717, 1.165) is 12.8 Å². The summed E-state index contributed by atoms with van der Waals surface area (Å²) in [5, 5.41) is 8.91. The Kier molecular flexibility index (Phi) is 3.22. The van der Waals surface area contributed by atoms with Gasteiger partial charge in [-0.3, -0.25) is 0 Å². The van der Waals surface area contributed by atoms with Gasteiger partial charge in [0, 0.05) is 11.7 Å². The maximum absolute atomic E-state index is 10.9. The summed E-state index contributed by atoms with van der Waals surface area (Å²) in [6.07, 6.45) is 2.19. The Balaban J connectivity index is 1.87. The molecule has 2 aromatic rings. The van der Waals surface area contributed by atoms with Gasteiger partial charge in [0.15, 0.2) is 0 Å². The van der Waals surface area contributed by atoms with Gasteiger partial charge in [0.05, 0.1) is 6.54 Å². The molecule has 1 aromatic carbocycles. The molecule has 0 fully saturated rings. The normalized spacial score (nSPS) is 17.9. The van der Waals surface area contributed by atoms with Crippen LogP contribution in [0.3, 0.4) is 0 Å². The van der Waals surface area contributed by atoms with Crippen LogP contribution in [0, 0.1) is 0 Å². The van der Waals surface area contributed by atoms with E-state index in [1.54, 1.807) is 6.07 Å². The number of aryl methyl sites for hydroxylation is 1. The largest absolute Gasteiger partial charge is 0.475 e. The SMILES string of the molecule is C[C@@H]1CCc2ccccc2N1Cc1ccc(C(=O)O)o1. The van der Waals surface area contributed by atoms with Crippen molar-refractivity contribution < 1.29 is 14.3 Å². The minimum absolute atomic E-state index is 0.00190. The number of carbonyl (C=O) groups is 1. The van der Waals surface area contributed by atoms with Gasteiger partial charge in [0.25, 0.3) is 0 Å². The van der Waals surface area contributed by atoms with E-state index in [-0.39, 0.29) is 5.76 Å². The Hall–Kier alpha value is -2.23. The summed E-state index contributed by atoms with van der Waals surface area (Å²) in [4.78, 5) is 13.1. The lowest BCUT2D eigenvalue weighted by Crippen LogP contribution is -2.36. The first-order valence-electron chi connectivity index (χ1n) is 6.81. The molecule has 0 amide bonds. The molecular formula is C16H17NO3. The van der Waals surface area contributed by atoms with E-state index < -0.39 is 5.97 Å². The second-order valence-electron chi connectivity index (χ2n) is 5.22. The molecule has 0 aliphatic carbocycles. The van der Waals surface area contributed by atoms with E-state index in [9.17, 15) is 4.79 Å². The van der Waals surface area contributed by atoms with Crippen LogP contribution >= 0.6 is 0 Å². The number of anilines is 1. The zero-order valence-corrected chi connectivity index (χ0v) is 11.4. The first-order chi connectivity index (χ1) is 9.65. The van der Waals surface area contributed by atoms with Crippen LogP contribution in [0.4, 0.5) is 5.69 Å². The first kappa shape index (κ1) is 12.8. The lowest BCUT2D eigenvalue weighted by molar-refractivity contribution is 0.0660. The third-order valence-electron chi connectivity index (χ3n) is 3.86. The molecule has 104 valence electrons. The number of furan rings is 1. The summed E-state index contributed by atoms with van der Waals surface area (Å²) in [5.74, 6) is -0.341. The van der Waals surface area contributed by atoms with Gasteiger partial charge in [-0.25, -0.2) is 4.79 Å². The summed E-state index contributed by atoms with van der Waals surface area (Å²) in [6.45, 7) is 2.79. The van der Waals surface area contributed by atoms with Crippen LogP contribution in [0.5, 0.6) is 0 Å². The van der Waals surface area contributed by atoms with Crippen molar-refractivity contribution in [1.82, 2.24) is 0 Å². The predicted molar refractivity (Wildman–Crippen MR) is 76.1 cm³/mol. The van der Waals surface area contributed by atoms with Crippen LogP contribution in [0.1, 0.15) is 35.2 Å². The molecule has 1 N–H and O–H groups in total. The molecule has 0 saturated carbocycles. The molecule has 2 heterocycles. The Morgan fingerprint density at radius 1 is 1.35 bits per heavy atom. The van der Waals surface area contributed by atoms with E-state index in [1.165, 1.54) is 17.3 Å². The molecular weight excluding hydrogens is 254 g/mol. The Morgan fingerprint density at radius 2 is 2.15 bits per heavy atom. The van der Waals surface area contributed by atoms with Gasteiger partial charge in [-0.15, -0.1) is 0 Å². The van der Waals surface area contributed by atoms with Crippen LogP contribution in [0.25, 0.3) is 0 Å². The molecule has 0 spiro atoms. The summed E-state index contributed by atoms with van der Waals surface area (Å²) in [5.41, 5.74) is 2.56. The average molecular weight is 271 g/mol. The summed E-state index contributed by atoms with van der Waals surface area (Å²) < 4.78 is 5.37. The minimum atomic E-state index is -1.02. The van der Waals surface area contributed by atoms with Crippen molar-refractivity contribution in [3.8, 4) is 0 Å². The van der Waals surface area contributed by atoms with Gasteiger partial charge in [0.1, 0.15) is 5.76 Å². The number of carboxylic acids is 1. The van der Waals surface area contributed by atoms with Crippen LogP contribution in [-0.4, -0.2) is 17.1 Å². The van der Waals surface area contributed by atoms with Gasteiger partial charge in [-0.2, -0.15) is 0 Å².